The minimum absolute atomic E-state index is 0.0156. The molecule has 0 spiro atoms. The maximum Gasteiger partial charge on any atom is 0.141 e. The molecular formula is C15H14ClF2N. The predicted octanol–water partition coefficient (Wildman–Crippen LogP) is 4.28. The number of hydrogen-bond donors (Lipinski definition) is 1. The van der Waals surface area contributed by atoms with Gasteiger partial charge in [0.2, 0.25) is 0 Å². The van der Waals surface area contributed by atoms with Crippen LogP contribution in [0.25, 0.3) is 0 Å². The Morgan fingerprint density at radius 2 is 1.74 bits per heavy atom. The van der Waals surface area contributed by atoms with Crippen LogP contribution in [0.2, 0.25) is 5.02 Å². The van der Waals surface area contributed by atoms with Crippen molar-refractivity contribution < 1.29 is 8.78 Å². The number of rotatable bonds is 2. The van der Waals surface area contributed by atoms with E-state index < -0.39 is 11.9 Å². The molecule has 0 aromatic heterocycles. The summed E-state index contributed by atoms with van der Waals surface area (Å²) >= 11 is 5.73. The highest BCUT2D eigenvalue weighted by Gasteiger charge is 2.17. The van der Waals surface area contributed by atoms with Gasteiger partial charge in [-0.15, -0.1) is 0 Å². The molecule has 0 aliphatic heterocycles. The highest BCUT2D eigenvalue weighted by Crippen LogP contribution is 2.28. The molecule has 2 aromatic carbocycles. The van der Waals surface area contributed by atoms with Gasteiger partial charge in [-0.3, -0.25) is 0 Å². The molecule has 0 radical (unpaired) electrons. The van der Waals surface area contributed by atoms with Crippen LogP contribution in [-0.4, -0.2) is 0 Å². The zero-order chi connectivity index (χ0) is 14.2. The lowest BCUT2D eigenvalue weighted by Crippen LogP contribution is -2.15. The normalized spacial score (nSPS) is 12.5. The Morgan fingerprint density at radius 3 is 2.32 bits per heavy atom. The minimum atomic E-state index is -0.668. The van der Waals surface area contributed by atoms with E-state index in [1.54, 1.807) is 6.92 Å². The van der Waals surface area contributed by atoms with E-state index in [1.807, 2.05) is 13.0 Å². The predicted molar refractivity (Wildman–Crippen MR) is 73.3 cm³/mol. The van der Waals surface area contributed by atoms with Crippen molar-refractivity contribution >= 4 is 11.6 Å². The molecule has 0 saturated carbocycles. The lowest BCUT2D eigenvalue weighted by Gasteiger charge is -2.17. The Labute approximate surface area is 116 Å². The van der Waals surface area contributed by atoms with Crippen LogP contribution in [0.4, 0.5) is 8.78 Å². The van der Waals surface area contributed by atoms with E-state index in [9.17, 15) is 8.78 Å². The summed E-state index contributed by atoms with van der Waals surface area (Å²) in [4.78, 5) is 0. The van der Waals surface area contributed by atoms with E-state index in [4.69, 9.17) is 17.3 Å². The number of halogens is 3. The molecular weight excluding hydrogens is 268 g/mol. The Morgan fingerprint density at radius 1 is 1.05 bits per heavy atom. The van der Waals surface area contributed by atoms with Gasteiger partial charge in [0.25, 0.3) is 0 Å². The van der Waals surface area contributed by atoms with Gasteiger partial charge < -0.3 is 5.73 Å². The van der Waals surface area contributed by atoms with Crippen LogP contribution in [0.1, 0.15) is 28.3 Å². The Bertz CT molecular complexity index is 603. The summed E-state index contributed by atoms with van der Waals surface area (Å²) in [6.45, 7) is 3.62. The topological polar surface area (TPSA) is 26.0 Å². The van der Waals surface area contributed by atoms with Crippen molar-refractivity contribution in [2.24, 2.45) is 5.73 Å². The first kappa shape index (κ1) is 14.0. The summed E-state index contributed by atoms with van der Waals surface area (Å²) in [6, 6.07) is 6.82. The standard InChI is InChI=1S/C15H14ClF2N/c1-8-5-9(2)14(13(18)6-8)15(19)10-3-4-12(17)11(16)7-10/h3-7,15H,19H2,1-2H3. The highest BCUT2D eigenvalue weighted by atomic mass is 35.5. The fraction of sp³-hybridized carbons (Fsp3) is 0.200. The van der Waals surface area contributed by atoms with E-state index >= 15 is 0 Å². The number of benzene rings is 2. The van der Waals surface area contributed by atoms with Crippen LogP contribution >= 0.6 is 11.6 Å². The first-order valence-electron chi connectivity index (χ1n) is 5.87. The molecule has 0 bridgehead atoms. The quantitative estimate of drug-likeness (QED) is 0.873. The van der Waals surface area contributed by atoms with Gasteiger partial charge >= 0.3 is 0 Å². The summed E-state index contributed by atoms with van der Waals surface area (Å²) in [5, 5.41) is -0.0156. The zero-order valence-electron chi connectivity index (χ0n) is 10.7. The second-order valence-corrected chi connectivity index (χ2v) is 5.04. The first-order chi connectivity index (χ1) is 8.90. The summed E-state index contributed by atoms with van der Waals surface area (Å²) in [6.07, 6.45) is 0. The largest absolute Gasteiger partial charge is 0.320 e. The van der Waals surface area contributed by atoms with Gasteiger partial charge in [0.05, 0.1) is 11.1 Å². The molecule has 0 amide bonds. The molecule has 1 nitrogen and oxygen atoms in total. The third-order valence-corrected chi connectivity index (χ3v) is 3.38. The SMILES string of the molecule is Cc1cc(C)c(C(N)c2ccc(F)c(Cl)c2)c(F)c1. The zero-order valence-corrected chi connectivity index (χ0v) is 11.4. The molecule has 0 saturated heterocycles. The minimum Gasteiger partial charge on any atom is -0.320 e. The maximum atomic E-state index is 14.0. The van der Waals surface area contributed by atoms with Gasteiger partial charge in [-0.1, -0.05) is 23.7 Å². The highest BCUT2D eigenvalue weighted by molar-refractivity contribution is 6.30. The molecule has 2 rings (SSSR count). The third kappa shape index (κ3) is 2.77. The van der Waals surface area contributed by atoms with Gasteiger partial charge in [-0.25, -0.2) is 8.78 Å². The average Bonchev–Trinajstić information content (AvgIpc) is 2.31. The van der Waals surface area contributed by atoms with Crippen molar-refractivity contribution in [3.63, 3.8) is 0 Å². The Kier molecular flexibility index (Phi) is 3.88. The smallest absolute Gasteiger partial charge is 0.141 e. The Hall–Kier alpha value is -1.45. The maximum absolute atomic E-state index is 14.0. The van der Waals surface area contributed by atoms with E-state index in [0.717, 1.165) is 11.1 Å². The van der Waals surface area contributed by atoms with Crippen LogP contribution in [0.3, 0.4) is 0 Å². The van der Waals surface area contributed by atoms with E-state index in [0.29, 0.717) is 11.1 Å². The van der Waals surface area contributed by atoms with Crippen LogP contribution < -0.4 is 5.73 Å². The average molecular weight is 282 g/mol. The van der Waals surface area contributed by atoms with Crippen LogP contribution in [0.15, 0.2) is 30.3 Å². The van der Waals surface area contributed by atoms with Crippen LogP contribution in [0, 0.1) is 25.5 Å². The second-order valence-electron chi connectivity index (χ2n) is 4.63. The van der Waals surface area contributed by atoms with Crippen molar-refractivity contribution in [1.29, 1.82) is 0 Å². The van der Waals surface area contributed by atoms with Crippen molar-refractivity contribution in [3.05, 3.63) is 69.2 Å². The van der Waals surface area contributed by atoms with Gasteiger partial charge in [0.15, 0.2) is 0 Å². The first-order valence-corrected chi connectivity index (χ1v) is 6.25. The number of aryl methyl sites for hydroxylation is 2. The second kappa shape index (κ2) is 5.27. The lowest BCUT2D eigenvalue weighted by molar-refractivity contribution is 0.595. The molecule has 0 fully saturated rings. The fourth-order valence-corrected chi connectivity index (χ4v) is 2.38. The van der Waals surface area contributed by atoms with Crippen LogP contribution in [-0.2, 0) is 0 Å². The molecule has 19 heavy (non-hydrogen) atoms. The molecule has 100 valence electrons. The molecule has 4 heteroatoms. The van der Waals surface area contributed by atoms with Crippen LogP contribution in [0.5, 0.6) is 0 Å². The van der Waals surface area contributed by atoms with Gasteiger partial charge in [-0.2, -0.15) is 0 Å². The monoisotopic (exact) mass is 281 g/mol. The fourth-order valence-electron chi connectivity index (χ4n) is 2.19. The lowest BCUT2D eigenvalue weighted by atomic mass is 9.94. The Balaban J connectivity index is 2.49. The van der Waals surface area contributed by atoms with E-state index in [2.05, 4.69) is 0 Å². The summed E-state index contributed by atoms with van der Waals surface area (Å²) < 4.78 is 27.2. The van der Waals surface area contributed by atoms with Gasteiger partial charge in [-0.05, 0) is 48.7 Å². The molecule has 0 heterocycles. The molecule has 0 aliphatic carbocycles. The van der Waals surface area contributed by atoms with E-state index in [-0.39, 0.29) is 10.8 Å². The molecule has 2 N–H and O–H groups in total. The number of hydrogen-bond acceptors (Lipinski definition) is 1. The van der Waals surface area contributed by atoms with Crippen molar-refractivity contribution in [2.45, 2.75) is 19.9 Å². The molecule has 0 aliphatic rings. The van der Waals surface area contributed by atoms with Crippen molar-refractivity contribution in [1.82, 2.24) is 0 Å². The summed E-state index contributed by atoms with van der Waals surface area (Å²) in [7, 11) is 0. The van der Waals surface area contributed by atoms with E-state index in [1.165, 1.54) is 24.3 Å². The van der Waals surface area contributed by atoms with Gasteiger partial charge in [0, 0.05) is 5.56 Å². The molecule has 1 atom stereocenters. The molecule has 1 unspecified atom stereocenters. The third-order valence-electron chi connectivity index (χ3n) is 3.09. The summed E-state index contributed by atoms with van der Waals surface area (Å²) in [5.41, 5.74) is 8.66. The van der Waals surface area contributed by atoms with Gasteiger partial charge in [0.1, 0.15) is 11.6 Å². The number of nitrogens with two attached hydrogens (primary N) is 1. The summed E-state index contributed by atoms with van der Waals surface area (Å²) in [5.74, 6) is -0.871. The van der Waals surface area contributed by atoms with Crippen molar-refractivity contribution in [2.75, 3.05) is 0 Å². The van der Waals surface area contributed by atoms with Crippen molar-refractivity contribution in [3.8, 4) is 0 Å². The molecule has 2 aromatic rings.